The molecule has 2 aliphatic rings. The second-order valence-corrected chi connectivity index (χ2v) is 23.7. The highest BCUT2D eigenvalue weighted by Crippen LogP contribution is 2.34. The number of aliphatic carboxylic acids is 2. The molecule has 0 aliphatic carbocycles. The van der Waals surface area contributed by atoms with Crippen molar-refractivity contribution in [1.29, 1.82) is 0 Å². The Morgan fingerprint density at radius 2 is 0.973 bits per heavy atom. The van der Waals surface area contributed by atoms with E-state index in [1.165, 1.54) is 46.2 Å². The van der Waals surface area contributed by atoms with Crippen LogP contribution in [0.4, 0.5) is 20.2 Å². The van der Waals surface area contributed by atoms with Crippen LogP contribution in [-0.4, -0.2) is 154 Å². The maximum absolute atomic E-state index is 13.7. The number of carbonyl (C=O) groups excluding carboxylic acids is 4. The van der Waals surface area contributed by atoms with Crippen LogP contribution in [0, 0.1) is 34.3 Å². The number of aliphatic hydroxyl groups is 2. The Morgan fingerprint density at radius 3 is 1.26 bits per heavy atom. The Kier molecular flexibility index (Phi) is 24.6. The second kappa shape index (κ2) is 27.8. The molecule has 2 heterocycles. The van der Waals surface area contributed by atoms with E-state index in [9.17, 15) is 47.8 Å². The van der Waals surface area contributed by atoms with Crippen LogP contribution in [0.1, 0.15) is 95.9 Å². The summed E-state index contributed by atoms with van der Waals surface area (Å²) < 4.78 is 27.5. The zero-order valence-electron chi connectivity index (χ0n) is 44.8. The maximum atomic E-state index is 13.7. The molecule has 2 fully saturated rings. The molecule has 74 heavy (non-hydrogen) atoms. The van der Waals surface area contributed by atoms with Gasteiger partial charge in [0.15, 0.2) is 0 Å². The van der Waals surface area contributed by atoms with Gasteiger partial charge in [-0.1, -0.05) is 78.6 Å². The van der Waals surface area contributed by atoms with Crippen molar-refractivity contribution in [2.24, 2.45) is 34.1 Å². The molecule has 0 spiro atoms. The van der Waals surface area contributed by atoms with Crippen molar-refractivity contribution in [3.8, 4) is 0 Å². The van der Waals surface area contributed by atoms with Crippen molar-refractivity contribution >= 4 is 70.1 Å². The summed E-state index contributed by atoms with van der Waals surface area (Å²) in [4.78, 5) is 76.4. The first-order valence-corrected chi connectivity index (χ1v) is 25.2. The molecule has 18 nitrogen and oxygen atoms in total. The van der Waals surface area contributed by atoms with Crippen molar-refractivity contribution in [3.05, 3.63) is 70.2 Å². The summed E-state index contributed by atoms with van der Waals surface area (Å²) in [6.45, 7) is 25.9. The fourth-order valence-corrected chi connectivity index (χ4v) is 8.20. The van der Waals surface area contributed by atoms with E-state index in [1.54, 1.807) is 13.8 Å². The van der Waals surface area contributed by atoms with Gasteiger partial charge in [0.2, 0.25) is 23.6 Å². The van der Waals surface area contributed by atoms with E-state index in [1.807, 2.05) is 79.0 Å². The minimum absolute atomic E-state index is 0.0274. The Labute approximate surface area is 444 Å². The van der Waals surface area contributed by atoms with E-state index in [0.29, 0.717) is 59.8 Å². The first-order valence-electron chi connectivity index (χ1n) is 24.4. The van der Waals surface area contributed by atoms with Gasteiger partial charge >= 0.3 is 11.9 Å². The summed E-state index contributed by atoms with van der Waals surface area (Å²) in [6.07, 6.45) is -0.233. The number of carboxylic acid groups (broad SMARTS) is 2. The SMILES string of the molecule is C[C@H](C[C@H](O)[C@@H](N)CN1CC(=O)N(c2cc(F)ccc2Cl)CC1(C)C)C(=O)NCC(C)(C)C.C[C@H](C[C@H](O)[C@@H](N)CN1CC(=O)N(c2cc(F)ccc2Cl)CC1(C)C)C(=O)NCC(C)(C)C.O=C(O)/C=C/C(=O)O. The van der Waals surface area contributed by atoms with E-state index in [-0.39, 0.29) is 73.5 Å². The van der Waals surface area contributed by atoms with Crippen LogP contribution in [0.3, 0.4) is 0 Å². The number of amides is 4. The number of carbonyl (C=O) groups is 6. The topological polar surface area (TPSA) is 272 Å². The molecule has 2 saturated heterocycles. The van der Waals surface area contributed by atoms with Gasteiger partial charge in [-0.2, -0.15) is 0 Å². The number of rotatable bonds is 18. The van der Waals surface area contributed by atoms with Gasteiger partial charge in [0.25, 0.3) is 0 Å². The molecule has 4 amide bonds. The number of halogens is 4. The van der Waals surface area contributed by atoms with E-state index in [4.69, 9.17) is 44.9 Å². The number of nitrogens with zero attached hydrogens (tertiary/aromatic N) is 4. The lowest BCUT2D eigenvalue weighted by molar-refractivity contribution is -0.134. The third kappa shape index (κ3) is 21.8. The predicted octanol–water partition coefficient (Wildman–Crippen LogP) is 5.28. The number of nitrogens with two attached hydrogens (primary N) is 2. The van der Waals surface area contributed by atoms with Gasteiger partial charge in [-0.3, -0.25) is 29.0 Å². The molecule has 4 rings (SSSR count). The van der Waals surface area contributed by atoms with Crippen molar-refractivity contribution < 1.29 is 58.0 Å². The highest BCUT2D eigenvalue weighted by molar-refractivity contribution is 6.34. The number of carboxylic acids is 2. The van der Waals surface area contributed by atoms with Crippen LogP contribution in [-0.2, 0) is 28.8 Å². The molecule has 0 bridgehead atoms. The quantitative estimate of drug-likeness (QED) is 0.0884. The van der Waals surface area contributed by atoms with Crippen LogP contribution in [0.15, 0.2) is 48.6 Å². The van der Waals surface area contributed by atoms with Crippen LogP contribution in [0.5, 0.6) is 0 Å². The minimum Gasteiger partial charge on any atom is -0.478 e. The zero-order chi connectivity index (χ0) is 56.8. The number of piperazine rings is 2. The zero-order valence-corrected chi connectivity index (χ0v) is 46.4. The van der Waals surface area contributed by atoms with Gasteiger partial charge in [-0.25, -0.2) is 18.4 Å². The van der Waals surface area contributed by atoms with Gasteiger partial charge < -0.3 is 52.3 Å². The Balaban J connectivity index is 0.000000441. The van der Waals surface area contributed by atoms with Gasteiger partial charge in [0, 0.05) is 86.4 Å². The van der Waals surface area contributed by atoms with E-state index in [0.717, 1.165) is 0 Å². The molecule has 0 aromatic heterocycles. The number of benzene rings is 2. The Bertz CT molecular complexity index is 2140. The molecular weight excluding hydrogens is 1010 g/mol. The third-order valence-corrected chi connectivity index (χ3v) is 13.0. The van der Waals surface area contributed by atoms with Crippen molar-refractivity contribution in [3.63, 3.8) is 0 Å². The Hall–Kier alpha value is -4.80. The molecule has 2 aliphatic heterocycles. The monoisotopic (exact) mass is 1080 g/mol. The van der Waals surface area contributed by atoms with E-state index < -0.39 is 70.8 Å². The molecule has 10 N–H and O–H groups in total. The van der Waals surface area contributed by atoms with Crippen LogP contribution in [0.25, 0.3) is 0 Å². The van der Waals surface area contributed by atoms with Crippen LogP contribution < -0.4 is 31.9 Å². The van der Waals surface area contributed by atoms with Crippen LogP contribution >= 0.6 is 23.2 Å². The molecule has 0 unspecified atom stereocenters. The smallest absolute Gasteiger partial charge is 0.328 e. The van der Waals surface area contributed by atoms with Gasteiger partial charge in [-0.05, 0) is 87.8 Å². The average Bonchev–Trinajstić information content (AvgIpc) is 3.27. The fourth-order valence-electron chi connectivity index (χ4n) is 7.76. The van der Waals surface area contributed by atoms with E-state index >= 15 is 0 Å². The standard InChI is InChI=1S/2C24H38ClFN4O3.C4H4O4/c2*1-15(22(33)28-13-23(2,3)4)9-20(31)18(27)11-29-12-21(32)30(14-24(29,5)6)19-10-16(26)7-8-17(19)25;5-3(6)1-2-4(7)8/h2*7-8,10,15,18,20,31H,9,11-14,27H2,1-6H3,(H,28,33);1-2H,(H,5,6)(H,7,8)/b;;2-1+/t2*15-,18+,20+;/m11./s1. The highest BCUT2D eigenvalue weighted by Gasteiger charge is 2.42. The van der Waals surface area contributed by atoms with E-state index in [2.05, 4.69) is 10.6 Å². The number of aliphatic hydroxyl groups excluding tert-OH is 2. The Morgan fingerprint density at radius 1 is 0.662 bits per heavy atom. The molecule has 6 atom stereocenters. The second-order valence-electron chi connectivity index (χ2n) is 22.8. The van der Waals surface area contributed by atoms with Crippen molar-refractivity contribution in [2.75, 3.05) is 62.2 Å². The number of anilines is 2. The first kappa shape index (κ1) is 65.3. The molecule has 416 valence electrons. The summed E-state index contributed by atoms with van der Waals surface area (Å²) >= 11 is 12.4. The molecule has 0 saturated carbocycles. The first-order chi connectivity index (χ1) is 33.8. The lowest BCUT2D eigenvalue weighted by Crippen LogP contribution is -2.64. The summed E-state index contributed by atoms with van der Waals surface area (Å²) in [5.41, 5.74) is 12.2. The van der Waals surface area contributed by atoms with Crippen LogP contribution in [0.2, 0.25) is 10.0 Å². The van der Waals surface area contributed by atoms with Gasteiger partial charge in [0.1, 0.15) is 11.6 Å². The lowest BCUT2D eigenvalue weighted by Gasteiger charge is -2.47. The molecule has 22 heteroatoms. The van der Waals surface area contributed by atoms with Gasteiger partial charge in [0.05, 0.1) is 46.7 Å². The highest BCUT2D eigenvalue weighted by atomic mass is 35.5. The summed E-state index contributed by atoms with van der Waals surface area (Å²) in [6, 6.07) is 6.61. The summed E-state index contributed by atoms with van der Waals surface area (Å²) in [5.74, 6) is -4.91. The number of hydrogen-bond acceptors (Lipinski definition) is 12. The largest absolute Gasteiger partial charge is 0.478 e. The minimum atomic E-state index is -1.26. The number of hydrogen-bond donors (Lipinski definition) is 8. The molecule has 2 aromatic rings. The fraction of sp³-hybridized carbons (Fsp3) is 0.615. The van der Waals surface area contributed by atoms with Crippen molar-refractivity contribution in [2.45, 2.75) is 131 Å². The molecule has 2 aromatic carbocycles. The van der Waals surface area contributed by atoms with Gasteiger partial charge in [-0.15, -0.1) is 0 Å². The average molecular weight is 1090 g/mol. The third-order valence-electron chi connectivity index (χ3n) is 12.3. The molecular formula is C52H80Cl2F2N8O10. The number of nitrogens with one attached hydrogen (secondary N) is 2. The predicted molar refractivity (Wildman–Crippen MR) is 284 cm³/mol. The summed E-state index contributed by atoms with van der Waals surface area (Å²) in [7, 11) is 0. The molecule has 0 radical (unpaired) electrons. The lowest BCUT2D eigenvalue weighted by atomic mass is 9.93. The normalized spacial score (nSPS) is 18.7. The van der Waals surface area contributed by atoms with Crippen molar-refractivity contribution in [1.82, 2.24) is 20.4 Å². The summed E-state index contributed by atoms with van der Waals surface area (Å²) in [5, 5.41) is 43.3. The maximum Gasteiger partial charge on any atom is 0.328 e.